The van der Waals surface area contributed by atoms with Crippen molar-refractivity contribution in [3.8, 4) is 0 Å². The zero-order chi connectivity index (χ0) is 9.97. The number of hydrogen-bond acceptors (Lipinski definition) is 5. The fraction of sp³-hybridized carbons (Fsp3) is 0.375. The van der Waals surface area contributed by atoms with Gasteiger partial charge in [-0.25, -0.2) is 0 Å². The number of aliphatic hydroxyl groups excluding tert-OH is 1. The molecule has 0 aliphatic carbocycles. The van der Waals surface area contributed by atoms with E-state index >= 15 is 0 Å². The predicted molar refractivity (Wildman–Crippen MR) is 51.8 cm³/mol. The lowest BCUT2D eigenvalue weighted by molar-refractivity contribution is 0.173. The highest BCUT2D eigenvalue weighted by Crippen LogP contribution is 2.14. The highest BCUT2D eigenvalue weighted by atomic mass is 32.1. The molecule has 14 heavy (non-hydrogen) atoms. The van der Waals surface area contributed by atoms with Gasteiger partial charge in [-0.05, 0) is 6.07 Å². The normalized spacial score (nSPS) is 13.0. The molecule has 0 aliphatic rings. The SMILES string of the molecule is Cn1ccc(CC(O)c2cnsn2)n1. The predicted octanol–water partition coefficient (Wildman–Crippen LogP) is 0.548. The molecule has 2 aromatic heterocycles. The van der Waals surface area contributed by atoms with Gasteiger partial charge >= 0.3 is 0 Å². The first-order valence-corrected chi connectivity index (χ1v) is 4.93. The third-order valence-corrected chi connectivity index (χ3v) is 2.38. The first kappa shape index (κ1) is 9.29. The van der Waals surface area contributed by atoms with Crippen molar-refractivity contribution in [2.24, 2.45) is 7.05 Å². The Kier molecular flexibility index (Phi) is 2.55. The molecular formula is C8H10N4OS. The van der Waals surface area contributed by atoms with Crippen LogP contribution in [-0.4, -0.2) is 23.6 Å². The highest BCUT2D eigenvalue weighted by molar-refractivity contribution is 6.99. The topological polar surface area (TPSA) is 63.8 Å². The van der Waals surface area contributed by atoms with Crippen molar-refractivity contribution in [1.82, 2.24) is 18.5 Å². The first-order valence-electron chi connectivity index (χ1n) is 4.20. The van der Waals surface area contributed by atoms with Crippen LogP contribution in [0.1, 0.15) is 17.5 Å². The van der Waals surface area contributed by atoms with E-state index in [4.69, 9.17) is 0 Å². The van der Waals surface area contributed by atoms with Gasteiger partial charge in [0.25, 0.3) is 0 Å². The number of aromatic nitrogens is 4. The maximum atomic E-state index is 9.73. The van der Waals surface area contributed by atoms with E-state index in [9.17, 15) is 5.11 Å². The van der Waals surface area contributed by atoms with E-state index < -0.39 is 6.10 Å². The molecule has 0 aliphatic heterocycles. The van der Waals surface area contributed by atoms with Crippen LogP contribution in [0.25, 0.3) is 0 Å². The van der Waals surface area contributed by atoms with Gasteiger partial charge in [0.1, 0.15) is 11.8 Å². The summed E-state index contributed by atoms with van der Waals surface area (Å²) in [5.74, 6) is 0. The highest BCUT2D eigenvalue weighted by Gasteiger charge is 2.12. The summed E-state index contributed by atoms with van der Waals surface area (Å²) in [6.45, 7) is 0. The number of nitrogens with zero attached hydrogens (tertiary/aromatic N) is 4. The zero-order valence-corrected chi connectivity index (χ0v) is 8.48. The van der Waals surface area contributed by atoms with Crippen LogP contribution >= 0.6 is 11.7 Å². The summed E-state index contributed by atoms with van der Waals surface area (Å²) in [5, 5.41) is 13.9. The van der Waals surface area contributed by atoms with E-state index in [0.717, 1.165) is 17.4 Å². The van der Waals surface area contributed by atoms with Crippen LogP contribution in [0.4, 0.5) is 0 Å². The minimum Gasteiger partial charge on any atom is -0.386 e. The molecule has 0 spiro atoms. The Balaban J connectivity index is 2.05. The Hall–Kier alpha value is -1.27. The monoisotopic (exact) mass is 210 g/mol. The molecule has 0 amide bonds. The molecular weight excluding hydrogens is 200 g/mol. The molecule has 74 valence electrons. The Morgan fingerprint density at radius 1 is 1.64 bits per heavy atom. The van der Waals surface area contributed by atoms with Gasteiger partial charge in [0.05, 0.1) is 23.6 Å². The lowest BCUT2D eigenvalue weighted by atomic mass is 10.1. The molecule has 0 saturated heterocycles. The third-order valence-electron chi connectivity index (χ3n) is 1.89. The summed E-state index contributed by atoms with van der Waals surface area (Å²) < 4.78 is 9.51. The van der Waals surface area contributed by atoms with Crippen LogP contribution in [0.5, 0.6) is 0 Å². The fourth-order valence-corrected chi connectivity index (χ4v) is 1.66. The molecule has 0 fully saturated rings. The molecule has 0 saturated carbocycles. The van der Waals surface area contributed by atoms with Gasteiger partial charge in [-0.15, -0.1) is 0 Å². The quantitative estimate of drug-likeness (QED) is 0.803. The van der Waals surface area contributed by atoms with Crippen LogP contribution in [-0.2, 0) is 13.5 Å². The molecule has 0 aromatic carbocycles. The van der Waals surface area contributed by atoms with Gasteiger partial charge in [0.15, 0.2) is 0 Å². The van der Waals surface area contributed by atoms with Crippen LogP contribution in [0.15, 0.2) is 18.5 Å². The summed E-state index contributed by atoms with van der Waals surface area (Å²) in [6.07, 6.45) is 3.30. The Morgan fingerprint density at radius 2 is 2.50 bits per heavy atom. The number of hydrogen-bond donors (Lipinski definition) is 1. The molecule has 1 unspecified atom stereocenters. The summed E-state index contributed by atoms with van der Waals surface area (Å²) in [4.78, 5) is 0. The summed E-state index contributed by atoms with van der Waals surface area (Å²) >= 11 is 1.10. The van der Waals surface area contributed by atoms with E-state index in [1.165, 1.54) is 0 Å². The van der Waals surface area contributed by atoms with Crippen molar-refractivity contribution in [2.75, 3.05) is 0 Å². The molecule has 2 aromatic rings. The van der Waals surface area contributed by atoms with Gasteiger partial charge in [0, 0.05) is 19.7 Å². The summed E-state index contributed by atoms with van der Waals surface area (Å²) in [7, 11) is 1.85. The van der Waals surface area contributed by atoms with Gasteiger partial charge in [-0.1, -0.05) is 0 Å². The van der Waals surface area contributed by atoms with Crippen molar-refractivity contribution in [1.29, 1.82) is 0 Å². The van der Waals surface area contributed by atoms with Gasteiger partial charge in [-0.3, -0.25) is 4.68 Å². The molecule has 0 radical (unpaired) electrons. The van der Waals surface area contributed by atoms with E-state index in [1.54, 1.807) is 10.9 Å². The standard InChI is InChI=1S/C8H10N4OS/c1-12-3-2-6(10-12)4-8(13)7-5-9-14-11-7/h2-3,5,8,13H,4H2,1H3. The third kappa shape index (κ3) is 1.97. The summed E-state index contributed by atoms with van der Waals surface area (Å²) in [6, 6.07) is 1.88. The minimum absolute atomic E-state index is 0.478. The van der Waals surface area contributed by atoms with Gasteiger partial charge in [-0.2, -0.15) is 13.8 Å². The van der Waals surface area contributed by atoms with Crippen molar-refractivity contribution >= 4 is 11.7 Å². The zero-order valence-electron chi connectivity index (χ0n) is 7.66. The van der Waals surface area contributed by atoms with Crippen molar-refractivity contribution < 1.29 is 5.11 Å². The van der Waals surface area contributed by atoms with Crippen LogP contribution in [0, 0.1) is 0 Å². The number of aryl methyl sites for hydroxylation is 1. The van der Waals surface area contributed by atoms with E-state index in [0.29, 0.717) is 12.1 Å². The summed E-state index contributed by atoms with van der Waals surface area (Å²) in [5.41, 5.74) is 1.47. The Labute approximate surface area is 85.3 Å². The maximum Gasteiger partial charge on any atom is 0.104 e. The van der Waals surface area contributed by atoms with Crippen LogP contribution in [0.2, 0.25) is 0 Å². The van der Waals surface area contributed by atoms with Gasteiger partial charge in [0.2, 0.25) is 0 Å². The minimum atomic E-state index is -0.608. The first-order chi connectivity index (χ1) is 6.75. The van der Waals surface area contributed by atoms with Crippen molar-refractivity contribution in [3.05, 3.63) is 29.8 Å². The second-order valence-electron chi connectivity index (χ2n) is 3.03. The second kappa shape index (κ2) is 3.85. The van der Waals surface area contributed by atoms with Crippen molar-refractivity contribution in [2.45, 2.75) is 12.5 Å². The molecule has 1 N–H and O–H groups in total. The fourth-order valence-electron chi connectivity index (χ4n) is 1.19. The second-order valence-corrected chi connectivity index (χ2v) is 3.59. The Bertz CT molecular complexity index is 397. The largest absolute Gasteiger partial charge is 0.386 e. The van der Waals surface area contributed by atoms with Crippen LogP contribution in [0.3, 0.4) is 0 Å². The average molecular weight is 210 g/mol. The smallest absolute Gasteiger partial charge is 0.104 e. The van der Waals surface area contributed by atoms with E-state index in [-0.39, 0.29) is 0 Å². The molecule has 2 rings (SSSR count). The van der Waals surface area contributed by atoms with E-state index in [1.807, 2.05) is 19.3 Å². The van der Waals surface area contributed by atoms with Gasteiger partial charge < -0.3 is 5.11 Å². The number of aliphatic hydroxyl groups is 1. The van der Waals surface area contributed by atoms with Crippen LogP contribution < -0.4 is 0 Å². The lowest BCUT2D eigenvalue weighted by Gasteiger charge is -2.03. The van der Waals surface area contributed by atoms with Crippen molar-refractivity contribution in [3.63, 3.8) is 0 Å². The molecule has 0 bridgehead atoms. The lowest BCUT2D eigenvalue weighted by Crippen LogP contribution is -2.03. The molecule has 2 heterocycles. The number of rotatable bonds is 3. The van der Waals surface area contributed by atoms with E-state index in [2.05, 4.69) is 13.8 Å². The molecule has 6 heteroatoms. The molecule has 5 nitrogen and oxygen atoms in total. The Morgan fingerprint density at radius 3 is 3.07 bits per heavy atom. The molecule has 1 atom stereocenters. The maximum absolute atomic E-state index is 9.73. The average Bonchev–Trinajstić information content (AvgIpc) is 2.75.